The van der Waals surface area contributed by atoms with Crippen LogP contribution in [0.15, 0.2) is 42.7 Å². The lowest BCUT2D eigenvalue weighted by molar-refractivity contribution is 0.0989. The molecule has 3 rings (SSSR count). The van der Waals surface area contributed by atoms with Crippen LogP contribution in [0.1, 0.15) is 15.9 Å². The number of hydrogen-bond donors (Lipinski definition) is 1. The highest BCUT2D eigenvalue weighted by atomic mass is 32.2. The van der Waals surface area contributed by atoms with Gasteiger partial charge in [0.25, 0.3) is 5.91 Å². The number of sulfonamides is 1. The van der Waals surface area contributed by atoms with Gasteiger partial charge in [-0.3, -0.25) is 14.5 Å². The third-order valence-electron chi connectivity index (χ3n) is 3.46. The van der Waals surface area contributed by atoms with Crippen molar-refractivity contribution in [3.63, 3.8) is 0 Å². The van der Waals surface area contributed by atoms with Gasteiger partial charge in [0.2, 0.25) is 10.0 Å². The number of nitrogens with one attached hydrogen (secondary N) is 1. The van der Waals surface area contributed by atoms with E-state index < -0.39 is 10.0 Å². The second-order valence-electron chi connectivity index (χ2n) is 5.16. The molecular weight excluding hydrogens is 302 g/mol. The van der Waals surface area contributed by atoms with Gasteiger partial charge >= 0.3 is 0 Å². The zero-order valence-corrected chi connectivity index (χ0v) is 12.8. The Morgan fingerprint density at radius 1 is 1.23 bits per heavy atom. The number of rotatable bonds is 3. The van der Waals surface area contributed by atoms with Gasteiger partial charge < -0.3 is 4.90 Å². The molecule has 0 bridgehead atoms. The molecule has 0 spiro atoms. The van der Waals surface area contributed by atoms with Crippen molar-refractivity contribution < 1.29 is 13.2 Å². The zero-order valence-electron chi connectivity index (χ0n) is 12.0. The number of anilines is 2. The first-order valence-corrected chi connectivity index (χ1v) is 8.66. The predicted octanol–water partition coefficient (Wildman–Crippen LogP) is 1.66. The van der Waals surface area contributed by atoms with Crippen molar-refractivity contribution in [2.75, 3.05) is 22.4 Å². The molecule has 22 heavy (non-hydrogen) atoms. The van der Waals surface area contributed by atoms with Gasteiger partial charge in [0.05, 0.1) is 11.9 Å². The summed E-state index contributed by atoms with van der Waals surface area (Å²) >= 11 is 0. The zero-order chi connectivity index (χ0) is 15.7. The van der Waals surface area contributed by atoms with E-state index in [0.29, 0.717) is 17.8 Å². The Kier molecular flexibility index (Phi) is 3.58. The summed E-state index contributed by atoms with van der Waals surface area (Å²) in [7, 11) is -3.35. The van der Waals surface area contributed by atoms with Crippen molar-refractivity contribution in [1.29, 1.82) is 0 Å². The van der Waals surface area contributed by atoms with Crippen LogP contribution in [0.5, 0.6) is 0 Å². The molecule has 0 saturated carbocycles. The topological polar surface area (TPSA) is 79.4 Å². The van der Waals surface area contributed by atoms with Crippen LogP contribution in [0, 0.1) is 0 Å². The fourth-order valence-electron chi connectivity index (χ4n) is 2.52. The number of amides is 1. The number of nitrogens with zero attached hydrogens (tertiary/aromatic N) is 2. The van der Waals surface area contributed by atoms with E-state index in [1.54, 1.807) is 41.6 Å². The number of pyridine rings is 1. The van der Waals surface area contributed by atoms with Gasteiger partial charge in [-0.05, 0) is 36.2 Å². The second kappa shape index (κ2) is 5.42. The van der Waals surface area contributed by atoms with Gasteiger partial charge in [-0.15, -0.1) is 0 Å². The molecule has 1 N–H and O–H groups in total. The number of hydrogen-bond acceptors (Lipinski definition) is 4. The molecule has 2 aromatic rings. The van der Waals surface area contributed by atoms with Crippen LogP contribution in [0.3, 0.4) is 0 Å². The van der Waals surface area contributed by atoms with Crippen molar-refractivity contribution in [3.8, 4) is 0 Å². The summed E-state index contributed by atoms with van der Waals surface area (Å²) in [6, 6.07) is 8.59. The number of carbonyl (C=O) groups excluding carboxylic acids is 1. The summed E-state index contributed by atoms with van der Waals surface area (Å²) in [6.45, 7) is 0.582. The molecule has 1 aromatic heterocycles. The van der Waals surface area contributed by atoms with Crippen molar-refractivity contribution in [2.24, 2.45) is 0 Å². The minimum absolute atomic E-state index is 0.113. The molecule has 0 atom stereocenters. The molecule has 0 unspecified atom stereocenters. The van der Waals surface area contributed by atoms with Gasteiger partial charge in [0.15, 0.2) is 0 Å². The van der Waals surface area contributed by atoms with E-state index in [1.165, 1.54) is 0 Å². The van der Waals surface area contributed by atoms with Crippen LogP contribution >= 0.6 is 0 Å². The largest absolute Gasteiger partial charge is 0.308 e. The molecule has 0 aliphatic carbocycles. The summed E-state index contributed by atoms with van der Waals surface area (Å²) in [6.07, 6.45) is 5.00. The molecule has 0 fully saturated rings. The lowest BCUT2D eigenvalue weighted by Gasteiger charge is -2.18. The normalized spacial score (nSPS) is 13.8. The van der Waals surface area contributed by atoms with Crippen molar-refractivity contribution in [3.05, 3.63) is 53.9 Å². The number of benzene rings is 1. The highest BCUT2D eigenvalue weighted by Crippen LogP contribution is 2.32. The molecule has 6 nitrogen and oxygen atoms in total. The van der Waals surface area contributed by atoms with E-state index >= 15 is 0 Å². The fourth-order valence-corrected chi connectivity index (χ4v) is 3.07. The molecule has 1 aliphatic heterocycles. The minimum atomic E-state index is -3.35. The van der Waals surface area contributed by atoms with E-state index in [4.69, 9.17) is 0 Å². The monoisotopic (exact) mass is 317 g/mol. The number of fused-ring (bicyclic) bond motifs is 1. The first-order chi connectivity index (χ1) is 10.4. The molecule has 7 heteroatoms. The van der Waals surface area contributed by atoms with Crippen LogP contribution in [-0.2, 0) is 16.4 Å². The van der Waals surface area contributed by atoms with Crippen LogP contribution in [0.4, 0.5) is 11.4 Å². The first kappa shape index (κ1) is 14.5. The smallest absolute Gasteiger partial charge is 0.258 e. The SMILES string of the molecule is CS(=O)(=O)Nc1ccc2c(c1)N(C(=O)c1ccncc1)CC2. The van der Waals surface area contributed by atoms with Gasteiger partial charge in [-0.2, -0.15) is 0 Å². The van der Waals surface area contributed by atoms with Crippen LogP contribution < -0.4 is 9.62 Å². The van der Waals surface area contributed by atoms with E-state index in [-0.39, 0.29) is 5.91 Å². The van der Waals surface area contributed by atoms with Gasteiger partial charge in [0.1, 0.15) is 0 Å². The lowest BCUT2D eigenvalue weighted by Crippen LogP contribution is -2.28. The molecule has 0 radical (unpaired) electrons. The average molecular weight is 317 g/mol. The van der Waals surface area contributed by atoms with E-state index in [2.05, 4.69) is 9.71 Å². The highest BCUT2D eigenvalue weighted by molar-refractivity contribution is 7.92. The van der Waals surface area contributed by atoms with E-state index in [0.717, 1.165) is 23.9 Å². The second-order valence-corrected chi connectivity index (χ2v) is 6.91. The maximum absolute atomic E-state index is 12.6. The Labute approximate surface area is 128 Å². The summed E-state index contributed by atoms with van der Waals surface area (Å²) < 4.78 is 25.1. The Hall–Kier alpha value is -2.41. The molecule has 2 heterocycles. The fraction of sp³-hybridized carbons (Fsp3) is 0.200. The van der Waals surface area contributed by atoms with Gasteiger partial charge in [-0.25, -0.2) is 8.42 Å². The summed E-state index contributed by atoms with van der Waals surface area (Å²) in [5, 5.41) is 0. The van der Waals surface area contributed by atoms with E-state index in [1.807, 2.05) is 6.07 Å². The molecule has 0 saturated heterocycles. The predicted molar refractivity (Wildman–Crippen MR) is 84.5 cm³/mol. The lowest BCUT2D eigenvalue weighted by atomic mass is 10.1. The van der Waals surface area contributed by atoms with Gasteiger partial charge in [-0.1, -0.05) is 6.07 Å². The molecule has 1 aliphatic rings. The third kappa shape index (κ3) is 2.94. The molecule has 114 valence electrons. The van der Waals surface area contributed by atoms with Crippen molar-refractivity contribution >= 4 is 27.3 Å². The van der Waals surface area contributed by atoms with Gasteiger partial charge in [0, 0.05) is 30.2 Å². The molecule has 1 amide bonds. The average Bonchev–Trinajstić information content (AvgIpc) is 2.89. The summed E-state index contributed by atoms with van der Waals surface area (Å²) in [4.78, 5) is 18.1. The van der Waals surface area contributed by atoms with Crippen molar-refractivity contribution in [2.45, 2.75) is 6.42 Å². The van der Waals surface area contributed by atoms with Crippen LogP contribution in [-0.4, -0.2) is 32.1 Å². The highest BCUT2D eigenvalue weighted by Gasteiger charge is 2.26. The van der Waals surface area contributed by atoms with Crippen molar-refractivity contribution in [1.82, 2.24) is 4.98 Å². The third-order valence-corrected chi connectivity index (χ3v) is 4.06. The summed E-state index contributed by atoms with van der Waals surface area (Å²) in [5.74, 6) is -0.113. The Morgan fingerprint density at radius 3 is 2.64 bits per heavy atom. The molecule has 1 aromatic carbocycles. The Bertz CT molecular complexity index is 819. The first-order valence-electron chi connectivity index (χ1n) is 6.77. The maximum Gasteiger partial charge on any atom is 0.258 e. The Balaban J connectivity index is 1.93. The maximum atomic E-state index is 12.6. The quantitative estimate of drug-likeness (QED) is 0.933. The molecular formula is C15H15N3O3S. The van der Waals surface area contributed by atoms with E-state index in [9.17, 15) is 13.2 Å². The number of carbonyl (C=O) groups is 1. The minimum Gasteiger partial charge on any atom is -0.308 e. The van der Waals surface area contributed by atoms with Crippen LogP contribution in [0.25, 0.3) is 0 Å². The summed E-state index contributed by atoms with van der Waals surface area (Å²) in [5.41, 5.74) is 2.79. The van der Waals surface area contributed by atoms with Crippen LogP contribution in [0.2, 0.25) is 0 Å². The number of aromatic nitrogens is 1. The standard InChI is InChI=1S/C15H15N3O3S/c1-22(20,21)17-13-3-2-11-6-9-18(14(11)10-13)15(19)12-4-7-16-8-5-12/h2-5,7-8,10,17H,6,9H2,1H3. The Morgan fingerprint density at radius 2 is 1.95 bits per heavy atom.